The number of benzene rings is 2. The summed E-state index contributed by atoms with van der Waals surface area (Å²) in [6, 6.07) is 16.7. The van der Waals surface area contributed by atoms with E-state index in [2.05, 4.69) is 0 Å². The molecule has 0 fully saturated rings. The molecular formula is C29H34N2O5. The molecule has 0 radical (unpaired) electrons. The minimum Gasteiger partial charge on any atom is -0.444 e. The van der Waals surface area contributed by atoms with Gasteiger partial charge in [-0.1, -0.05) is 48.5 Å². The zero-order chi connectivity index (χ0) is 26.3. The van der Waals surface area contributed by atoms with E-state index in [4.69, 9.17) is 9.47 Å². The van der Waals surface area contributed by atoms with Gasteiger partial charge in [0.1, 0.15) is 11.2 Å². The molecule has 0 bridgehead atoms. The number of aromatic nitrogens is 1. The molecule has 0 saturated carbocycles. The summed E-state index contributed by atoms with van der Waals surface area (Å²) in [6.07, 6.45) is -0.802. The second kappa shape index (κ2) is 9.45. The Balaban J connectivity index is 1.83. The molecule has 4 rings (SSSR count). The minimum atomic E-state index is -0.697. The summed E-state index contributed by atoms with van der Waals surface area (Å²) in [5.74, 6) is -0.339. The lowest BCUT2D eigenvalue weighted by Crippen LogP contribution is -2.43. The normalized spacial score (nSPS) is 15.9. The number of carbonyl (C=O) groups excluding carboxylic acids is 3. The van der Waals surface area contributed by atoms with Crippen molar-refractivity contribution in [2.24, 2.45) is 0 Å². The molecule has 0 saturated heterocycles. The van der Waals surface area contributed by atoms with Gasteiger partial charge in [-0.2, -0.15) is 0 Å². The van der Waals surface area contributed by atoms with Crippen molar-refractivity contribution in [3.8, 4) is 0 Å². The van der Waals surface area contributed by atoms with E-state index < -0.39 is 23.4 Å². The molecule has 7 nitrogen and oxygen atoms in total. The molecule has 3 aromatic rings. The number of para-hydroxylation sites is 1. The smallest absolute Gasteiger partial charge is 0.419 e. The van der Waals surface area contributed by atoms with Gasteiger partial charge in [0.15, 0.2) is 5.78 Å². The molecule has 1 amide bonds. The second-order valence-electron chi connectivity index (χ2n) is 11.2. The molecule has 1 aromatic heterocycles. The van der Waals surface area contributed by atoms with Crippen molar-refractivity contribution in [1.29, 1.82) is 0 Å². The average molecular weight is 491 g/mol. The molecule has 36 heavy (non-hydrogen) atoms. The van der Waals surface area contributed by atoms with E-state index in [9.17, 15) is 14.4 Å². The molecule has 0 spiro atoms. The van der Waals surface area contributed by atoms with Gasteiger partial charge < -0.3 is 14.4 Å². The molecule has 0 aliphatic carbocycles. The zero-order valence-electron chi connectivity index (χ0n) is 21.8. The zero-order valence-corrected chi connectivity index (χ0v) is 21.8. The summed E-state index contributed by atoms with van der Waals surface area (Å²) in [5, 5.41) is 0.882. The van der Waals surface area contributed by atoms with E-state index in [1.807, 2.05) is 84.0 Å². The maximum absolute atomic E-state index is 13.4. The van der Waals surface area contributed by atoms with Crippen LogP contribution in [0, 0.1) is 0 Å². The van der Waals surface area contributed by atoms with Gasteiger partial charge in [0.2, 0.25) is 0 Å². The third kappa shape index (κ3) is 5.45. The standard InChI is InChI=1S/C29H34N2O5/c1-28(2,3)35-26(33)30-17-20(16-24(32)19-12-8-7-9-13-19)25-21-14-10-11-15-22(21)31(23(25)18-30)27(34)36-29(4,5)6/h7-15,20H,16-18H2,1-6H3. The molecular weight excluding hydrogens is 456 g/mol. The highest BCUT2D eigenvalue weighted by Crippen LogP contribution is 2.40. The Kier molecular flexibility index (Phi) is 6.69. The first-order valence-electron chi connectivity index (χ1n) is 12.3. The molecule has 2 heterocycles. The number of Topliss-reactive ketones (excluding diaryl/α,β-unsaturated/α-hetero) is 1. The Morgan fingerprint density at radius 3 is 2.06 bits per heavy atom. The van der Waals surface area contributed by atoms with Crippen molar-refractivity contribution in [3.05, 3.63) is 71.4 Å². The summed E-state index contributed by atoms with van der Waals surface area (Å²) in [6.45, 7) is 11.4. The fourth-order valence-electron chi connectivity index (χ4n) is 4.65. The van der Waals surface area contributed by atoms with Gasteiger partial charge in [-0.15, -0.1) is 0 Å². The lowest BCUT2D eigenvalue weighted by molar-refractivity contribution is 0.0190. The Labute approximate surface area is 212 Å². The molecule has 7 heteroatoms. The fraction of sp³-hybridized carbons (Fsp3) is 0.414. The van der Waals surface area contributed by atoms with E-state index in [-0.39, 0.29) is 24.7 Å². The number of hydrogen-bond donors (Lipinski definition) is 0. The highest BCUT2D eigenvalue weighted by molar-refractivity contribution is 5.98. The average Bonchev–Trinajstić information content (AvgIpc) is 3.12. The van der Waals surface area contributed by atoms with Gasteiger partial charge in [-0.25, -0.2) is 14.2 Å². The van der Waals surface area contributed by atoms with Crippen LogP contribution < -0.4 is 0 Å². The Hall–Kier alpha value is -3.61. The Morgan fingerprint density at radius 1 is 0.833 bits per heavy atom. The number of carbonyl (C=O) groups is 3. The largest absolute Gasteiger partial charge is 0.444 e. The fourth-order valence-corrected chi connectivity index (χ4v) is 4.65. The molecule has 1 atom stereocenters. The second-order valence-corrected chi connectivity index (χ2v) is 11.2. The highest BCUT2D eigenvalue weighted by atomic mass is 16.6. The number of hydrogen-bond acceptors (Lipinski definition) is 5. The van der Waals surface area contributed by atoms with Crippen LogP contribution in [0.5, 0.6) is 0 Å². The maximum atomic E-state index is 13.4. The summed E-state index contributed by atoms with van der Waals surface area (Å²) in [5.41, 5.74) is 1.49. The van der Waals surface area contributed by atoms with Gasteiger partial charge in [0, 0.05) is 29.8 Å². The molecule has 1 unspecified atom stereocenters. The Bertz CT molecular complexity index is 1290. The van der Waals surface area contributed by atoms with Crippen molar-refractivity contribution < 1.29 is 23.9 Å². The van der Waals surface area contributed by atoms with Crippen LogP contribution in [0.3, 0.4) is 0 Å². The molecule has 1 aliphatic heterocycles. The van der Waals surface area contributed by atoms with Crippen LogP contribution in [-0.2, 0) is 16.0 Å². The van der Waals surface area contributed by atoms with Gasteiger partial charge in [0.25, 0.3) is 0 Å². The van der Waals surface area contributed by atoms with Crippen molar-refractivity contribution >= 4 is 28.9 Å². The van der Waals surface area contributed by atoms with Gasteiger partial charge in [-0.3, -0.25) is 4.79 Å². The van der Waals surface area contributed by atoms with E-state index >= 15 is 0 Å². The quantitative estimate of drug-likeness (QED) is 0.390. The van der Waals surface area contributed by atoms with Crippen LogP contribution in [0.25, 0.3) is 10.9 Å². The number of amides is 1. The van der Waals surface area contributed by atoms with E-state index in [1.54, 1.807) is 21.6 Å². The van der Waals surface area contributed by atoms with Gasteiger partial charge >= 0.3 is 12.2 Å². The third-order valence-electron chi connectivity index (χ3n) is 5.96. The first-order chi connectivity index (χ1) is 16.8. The van der Waals surface area contributed by atoms with Crippen LogP contribution in [-0.4, -0.2) is 45.2 Å². The summed E-state index contributed by atoms with van der Waals surface area (Å²) in [4.78, 5) is 41.4. The molecule has 1 aliphatic rings. The van der Waals surface area contributed by atoms with Crippen LogP contribution in [0.15, 0.2) is 54.6 Å². The number of rotatable bonds is 3. The van der Waals surface area contributed by atoms with Crippen LogP contribution in [0.2, 0.25) is 0 Å². The van der Waals surface area contributed by atoms with Gasteiger partial charge in [-0.05, 0) is 53.2 Å². The molecule has 2 aromatic carbocycles. The number of ether oxygens (including phenoxy) is 2. The number of ketones is 1. The first kappa shape index (κ1) is 25.5. The van der Waals surface area contributed by atoms with E-state index in [0.717, 1.165) is 10.9 Å². The highest BCUT2D eigenvalue weighted by Gasteiger charge is 2.38. The van der Waals surface area contributed by atoms with Crippen LogP contribution >= 0.6 is 0 Å². The predicted octanol–water partition coefficient (Wildman–Crippen LogP) is 6.53. The number of nitrogens with zero attached hydrogens (tertiary/aromatic N) is 2. The minimum absolute atomic E-state index is 0.0216. The lowest BCUT2D eigenvalue weighted by atomic mass is 9.86. The number of fused-ring (bicyclic) bond motifs is 3. The van der Waals surface area contributed by atoms with Crippen molar-refractivity contribution in [2.45, 2.75) is 71.6 Å². The van der Waals surface area contributed by atoms with E-state index in [1.165, 1.54) is 0 Å². The lowest BCUT2D eigenvalue weighted by Gasteiger charge is -2.35. The van der Waals surface area contributed by atoms with Crippen molar-refractivity contribution in [1.82, 2.24) is 9.47 Å². The monoisotopic (exact) mass is 490 g/mol. The Morgan fingerprint density at radius 2 is 1.42 bits per heavy atom. The van der Waals surface area contributed by atoms with Crippen LogP contribution in [0.1, 0.15) is 75.5 Å². The van der Waals surface area contributed by atoms with Crippen molar-refractivity contribution in [2.75, 3.05) is 6.54 Å². The third-order valence-corrected chi connectivity index (χ3v) is 5.96. The first-order valence-corrected chi connectivity index (χ1v) is 12.3. The van der Waals surface area contributed by atoms with Crippen molar-refractivity contribution in [3.63, 3.8) is 0 Å². The predicted molar refractivity (Wildman–Crippen MR) is 138 cm³/mol. The summed E-state index contributed by atoms with van der Waals surface area (Å²) in [7, 11) is 0. The van der Waals surface area contributed by atoms with Crippen LogP contribution in [0.4, 0.5) is 9.59 Å². The summed E-state index contributed by atoms with van der Waals surface area (Å²) >= 11 is 0. The molecule has 0 N–H and O–H groups in total. The van der Waals surface area contributed by atoms with Gasteiger partial charge in [0.05, 0.1) is 17.8 Å². The SMILES string of the molecule is CC(C)(C)OC(=O)N1Cc2c(c3ccccc3n2C(=O)OC(C)(C)C)C(CC(=O)c2ccccc2)C1. The molecule has 190 valence electrons. The maximum Gasteiger partial charge on any atom is 0.419 e. The van der Waals surface area contributed by atoms with E-state index in [0.29, 0.717) is 23.3 Å². The summed E-state index contributed by atoms with van der Waals surface area (Å²) < 4.78 is 13.0. The topological polar surface area (TPSA) is 77.8 Å².